The maximum absolute atomic E-state index is 13.8. The van der Waals surface area contributed by atoms with Crippen LogP contribution in [0.1, 0.15) is 17.0 Å². The monoisotopic (exact) mass is 397 g/mol. The second-order valence-corrected chi connectivity index (χ2v) is 6.47. The molecule has 0 unspecified atom stereocenters. The van der Waals surface area contributed by atoms with E-state index >= 15 is 0 Å². The zero-order chi connectivity index (χ0) is 19.9. The van der Waals surface area contributed by atoms with Crippen LogP contribution < -0.4 is 5.32 Å². The molecule has 1 amide bonds. The fraction of sp³-hybridized carbons (Fsp3) is 0.0909. The minimum absolute atomic E-state index is 0.0342. The first-order valence-corrected chi connectivity index (χ1v) is 8.94. The Balaban J connectivity index is 1.69. The summed E-state index contributed by atoms with van der Waals surface area (Å²) in [7, 11) is 0. The summed E-state index contributed by atoms with van der Waals surface area (Å²) in [6.45, 7) is -0.531. The molecule has 0 fully saturated rings. The molecule has 6 heteroatoms. The van der Waals surface area contributed by atoms with Crippen molar-refractivity contribution in [3.63, 3.8) is 0 Å². The van der Waals surface area contributed by atoms with Gasteiger partial charge in [0.05, 0.1) is 5.69 Å². The number of halogens is 2. The van der Waals surface area contributed by atoms with Crippen LogP contribution in [0.25, 0.3) is 0 Å². The van der Waals surface area contributed by atoms with E-state index in [0.29, 0.717) is 0 Å². The lowest BCUT2D eigenvalue weighted by atomic mass is 9.91. The first kappa shape index (κ1) is 19.6. The highest BCUT2D eigenvalue weighted by atomic mass is 35.5. The van der Waals surface area contributed by atoms with Gasteiger partial charge in [-0.2, -0.15) is 0 Å². The average molecular weight is 398 g/mol. The van der Waals surface area contributed by atoms with E-state index < -0.39 is 30.2 Å². The van der Waals surface area contributed by atoms with Crippen molar-refractivity contribution in [3.05, 3.63) is 101 Å². The standard InChI is InChI=1S/C22H17ClFNO3/c23-17-11-12-19(18(24)13-17)25-20(26)14-28-22(27)21(15-7-3-1-4-8-15)16-9-5-2-6-10-16/h1-13,21H,14H2,(H,25,26). The third-order valence-electron chi connectivity index (χ3n) is 4.05. The van der Waals surface area contributed by atoms with Crippen LogP contribution in [0.4, 0.5) is 10.1 Å². The Hall–Kier alpha value is -3.18. The summed E-state index contributed by atoms with van der Waals surface area (Å²) in [6, 6.07) is 22.2. The molecule has 0 heterocycles. The maximum atomic E-state index is 13.8. The minimum atomic E-state index is -0.668. The van der Waals surface area contributed by atoms with Gasteiger partial charge in [0.15, 0.2) is 6.61 Å². The Morgan fingerprint density at radius 1 is 0.929 bits per heavy atom. The van der Waals surface area contributed by atoms with Gasteiger partial charge in [0.2, 0.25) is 0 Å². The smallest absolute Gasteiger partial charge is 0.318 e. The number of rotatable bonds is 6. The van der Waals surface area contributed by atoms with Crippen molar-refractivity contribution in [3.8, 4) is 0 Å². The van der Waals surface area contributed by atoms with Crippen LogP contribution in [0.3, 0.4) is 0 Å². The second kappa shape index (κ2) is 9.15. The van der Waals surface area contributed by atoms with Crippen LogP contribution in [-0.4, -0.2) is 18.5 Å². The number of ether oxygens (including phenoxy) is 1. The molecule has 3 aromatic rings. The summed E-state index contributed by atoms with van der Waals surface area (Å²) in [5.41, 5.74) is 1.47. The molecule has 28 heavy (non-hydrogen) atoms. The minimum Gasteiger partial charge on any atom is -0.455 e. The SMILES string of the molecule is O=C(COC(=O)C(c1ccccc1)c1ccccc1)Nc1ccc(Cl)cc1F. The summed E-state index contributed by atoms with van der Waals surface area (Å²) in [5, 5.41) is 2.58. The lowest BCUT2D eigenvalue weighted by Crippen LogP contribution is -2.24. The van der Waals surface area contributed by atoms with E-state index in [0.717, 1.165) is 17.2 Å². The van der Waals surface area contributed by atoms with E-state index in [1.807, 2.05) is 60.7 Å². The van der Waals surface area contributed by atoms with Crippen LogP contribution in [-0.2, 0) is 14.3 Å². The number of nitrogens with one attached hydrogen (secondary N) is 1. The van der Waals surface area contributed by atoms with Gasteiger partial charge in [0.1, 0.15) is 11.7 Å². The molecule has 142 valence electrons. The number of hydrogen-bond acceptors (Lipinski definition) is 3. The number of carbonyl (C=O) groups excluding carboxylic acids is 2. The zero-order valence-electron chi connectivity index (χ0n) is 14.8. The lowest BCUT2D eigenvalue weighted by molar-refractivity contribution is -0.147. The van der Waals surface area contributed by atoms with Crippen molar-refractivity contribution in [2.24, 2.45) is 0 Å². The van der Waals surface area contributed by atoms with Crippen LogP contribution in [0, 0.1) is 5.82 Å². The van der Waals surface area contributed by atoms with Crippen LogP contribution in [0.15, 0.2) is 78.9 Å². The molecule has 0 saturated heterocycles. The van der Waals surface area contributed by atoms with Gasteiger partial charge in [0.25, 0.3) is 5.91 Å². The molecule has 1 N–H and O–H groups in total. The summed E-state index contributed by atoms with van der Waals surface area (Å²) in [4.78, 5) is 24.8. The largest absolute Gasteiger partial charge is 0.455 e. The molecular formula is C22H17ClFNO3. The van der Waals surface area contributed by atoms with E-state index in [-0.39, 0.29) is 10.7 Å². The van der Waals surface area contributed by atoms with Gasteiger partial charge in [-0.25, -0.2) is 4.39 Å². The Morgan fingerprint density at radius 3 is 2.04 bits per heavy atom. The molecule has 0 atom stereocenters. The molecule has 3 rings (SSSR count). The van der Waals surface area contributed by atoms with Crippen LogP contribution in [0.5, 0.6) is 0 Å². The predicted molar refractivity (Wildman–Crippen MR) is 106 cm³/mol. The van der Waals surface area contributed by atoms with Crippen molar-refractivity contribution < 1.29 is 18.7 Å². The Kier molecular flexibility index (Phi) is 6.40. The van der Waals surface area contributed by atoms with Gasteiger partial charge in [-0.05, 0) is 29.3 Å². The summed E-state index contributed by atoms with van der Waals surface area (Å²) in [6.07, 6.45) is 0. The maximum Gasteiger partial charge on any atom is 0.318 e. The topological polar surface area (TPSA) is 55.4 Å². The third kappa shape index (κ3) is 4.96. The van der Waals surface area contributed by atoms with Gasteiger partial charge in [-0.1, -0.05) is 72.3 Å². The van der Waals surface area contributed by atoms with Gasteiger partial charge in [0, 0.05) is 5.02 Å². The van der Waals surface area contributed by atoms with Crippen molar-refractivity contribution in [1.82, 2.24) is 0 Å². The van der Waals surface area contributed by atoms with Gasteiger partial charge >= 0.3 is 5.97 Å². The van der Waals surface area contributed by atoms with Crippen molar-refractivity contribution >= 4 is 29.2 Å². The Morgan fingerprint density at radius 2 is 1.50 bits per heavy atom. The highest BCUT2D eigenvalue weighted by molar-refractivity contribution is 6.30. The summed E-state index contributed by atoms with van der Waals surface area (Å²) >= 11 is 5.69. The average Bonchev–Trinajstić information content (AvgIpc) is 2.70. The number of esters is 1. The zero-order valence-corrected chi connectivity index (χ0v) is 15.5. The molecule has 0 aliphatic rings. The van der Waals surface area contributed by atoms with Gasteiger partial charge < -0.3 is 10.1 Å². The molecule has 0 aliphatic heterocycles. The number of hydrogen-bond donors (Lipinski definition) is 1. The van der Waals surface area contributed by atoms with E-state index in [9.17, 15) is 14.0 Å². The summed E-state index contributed by atoms with van der Waals surface area (Å²) in [5.74, 6) is -2.54. The molecule has 0 bridgehead atoms. The number of carbonyl (C=O) groups is 2. The molecule has 0 saturated carbocycles. The quantitative estimate of drug-likeness (QED) is 0.608. The Labute approximate surface area is 166 Å². The van der Waals surface area contributed by atoms with Gasteiger partial charge in [-0.3, -0.25) is 9.59 Å². The van der Waals surface area contributed by atoms with E-state index in [1.54, 1.807) is 0 Å². The molecule has 4 nitrogen and oxygen atoms in total. The highest BCUT2D eigenvalue weighted by Gasteiger charge is 2.24. The van der Waals surface area contributed by atoms with Crippen molar-refractivity contribution in [2.75, 3.05) is 11.9 Å². The van der Waals surface area contributed by atoms with E-state index in [1.165, 1.54) is 12.1 Å². The van der Waals surface area contributed by atoms with Crippen molar-refractivity contribution in [1.29, 1.82) is 0 Å². The van der Waals surface area contributed by atoms with Crippen LogP contribution in [0.2, 0.25) is 5.02 Å². The molecule has 0 spiro atoms. The molecular weight excluding hydrogens is 381 g/mol. The van der Waals surface area contributed by atoms with E-state index in [4.69, 9.17) is 16.3 Å². The fourth-order valence-corrected chi connectivity index (χ4v) is 2.91. The summed E-state index contributed by atoms with van der Waals surface area (Å²) < 4.78 is 19.0. The second-order valence-electron chi connectivity index (χ2n) is 6.03. The Bertz CT molecular complexity index is 925. The normalized spacial score (nSPS) is 10.5. The lowest BCUT2D eigenvalue weighted by Gasteiger charge is -2.17. The first-order chi connectivity index (χ1) is 13.5. The van der Waals surface area contributed by atoms with Crippen molar-refractivity contribution in [2.45, 2.75) is 5.92 Å². The molecule has 0 aromatic heterocycles. The predicted octanol–water partition coefficient (Wildman–Crippen LogP) is 4.79. The molecule has 0 radical (unpaired) electrons. The molecule has 0 aliphatic carbocycles. The van der Waals surface area contributed by atoms with Crippen LogP contribution >= 0.6 is 11.6 Å². The third-order valence-corrected chi connectivity index (χ3v) is 4.29. The fourth-order valence-electron chi connectivity index (χ4n) is 2.75. The number of benzene rings is 3. The highest BCUT2D eigenvalue weighted by Crippen LogP contribution is 2.26. The van der Waals surface area contributed by atoms with Gasteiger partial charge in [-0.15, -0.1) is 0 Å². The first-order valence-electron chi connectivity index (χ1n) is 8.56. The van der Waals surface area contributed by atoms with E-state index in [2.05, 4.69) is 5.32 Å². The number of amides is 1. The molecule has 3 aromatic carbocycles. The number of anilines is 1.